The minimum Gasteiger partial charge on any atom is -0.371 e. The van der Waals surface area contributed by atoms with Crippen LogP contribution in [0.1, 0.15) is 24.8 Å². The number of anilines is 2. The van der Waals surface area contributed by atoms with Crippen LogP contribution in [0.15, 0.2) is 0 Å². The molecule has 0 aromatic carbocycles. The van der Waals surface area contributed by atoms with Crippen molar-refractivity contribution in [3.05, 3.63) is 10.7 Å². The Bertz CT molecular complexity index is 493. The van der Waals surface area contributed by atoms with Crippen LogP contribution in [-0.2, 0) is 6.42 Å². The third-order valence-electron chi connectivity index (χ3n) is 4.26. The van der Waals surface area contributed by atoms with Gasteiger partial charge in [0.15, 0.2) is 11.0 Å². The fourth-order valence-corrected chi connectivity index (χ4v) is 3.48. The third-order valence-corrected chi connectivity index (χ3v) is 4.57. The summed E-state index contributed by atoms with van der Waals surface area (Å²) in [5.41, 5.74) is 2.28. The molecule has 20 heavy (non-hydrogen) atoms. The van der Waals surface area contributed by atoms with Crippen LogP contribution < -0.4 is 10.2 Å². The Morgan fingerprint density at radius 3 is 2.85 bits per heavy atom. The maximum Gasteiger partial charge on any atom is 0.172 e. The van der Waals surface area contributed by atoms with Crippen LogP contribution in [0.5, 0.6) is 0 Å². The molecular formula is C14H22ClN5. The van der Waals surface area contributed by atoms with Crippen molar-refractivity contribution >= 4 is 23.1 Å². The van der Waals surface area contributed by atoms with Crippen LogP contribution in [-0.4, -0.2) is 54.9 Å². The summed E-state index contributed by atoms with van der Waals surface area (Å²) in [4.78, 5) is 4.61. The molecule has 0 unspecified atom stereocenters. The molecule has 1 saturated heterocycles. The highest BCUT2D eigenvalue weighted by atomic mass is 35.5. The van der Waals surface area contributed by atoms with E-state index in [4.69, 9.17) is 11.6 Å². The Morgan fingerprint density at radius 2 is 2.05 bits per heavy atom. The maximum atomic E-state index is 6.21. The first-order valence-corrected chi connectivity index (χ1v) is 7.74. The number of piperidine rings is 1. The lowest BCUT2D eigenvalue weighted by molar-refractivity contribution is 0.260. The standard InChI is InChI=1S/C14H22ClN5/c1-19-7-3-5-10(9-19)16-14-12-11(13(15)17-18-14)6-4-8-20(12)2/h10H,3-9H2,1-2H3,(H,16,18)/t10-/m1/s1. The number of nitrogens with one attached hydrogen (secondary N) is 1. The minimum atomic E-state index is 0.448. The van der Waals surface area contributed by atoms with Gasteiger partial charge >= 0.3 is 0 Å². The molecule has 1 fully saturated rings. The number of likely N-dealkylation sites (tertiary alicyclic amines) is 1. The Labute approximate surface area is 125 Å². The van der Waals surface area contributed by atoms with E-state index in [2.05, 4.69) is 39.4 Å². The molecule has 1 aromatic heterocycles. The van der Waals surface area contributed by atoms with Crippen LogP contribution in [0.25, 0.3) is 0 Å². The fourth-order valence-electron chi connectivity index (χ4n) is 3.25. The summed E-state index contributed by atoms with van der Waals surface area (Å²) in [6.45, 7) is 3.29. The predicted octanol–water partition coefficient (Wildman–Crippen LogP) is 2.02. The number of nitrogens with zero attached hydrogens (tertiary/aromatic N) is 4. The maximum absolute atomic E-state index is 6.21. The van der Waals surface area contributed by atoms with Crippen LogP contribution in [0.3, 0.4) is 0 Å². The first-order chi connectivity index (χ1) is 9.65. The van der Waals surface area contributed by atoms with E-state index in [1.165, 1.54) is 19.4 Å². The second-order valence-corrected chi connectivity index (χ2v) is 6.30. The van der Waals surface area contributed by atoms with Gasteiger partial charge in [0.05, 0.1) is 5.69 Å². The van der Waals surface area contributed by atoms with Gasteiger partial charge in [-0.15, -0.1) is 10.2 Å². The van der Waals surface area contributed by atoms with Gasteiger partial charge in [-0.2, -0.15) is 0 Å². The third kappa shape index (κ3) is 2.69. The molecule has 5 nitrogen and oxygen atoms in total. The topological polar surface area (TPSA) is 44.3 Å². The summed E-state index contributed by atoms with van der Waals surface area (Å²) in [7, 11) is 4.27. The van der Waals surface area contributed by atoms with Crippen LogP contribution in [0.2, 0.25) is 5.15 Å². The molecule has 1 aromatic rings. The lowest BCUT2D eigenvalue weighted by Gasteiger charge is -2.33. The van der Waals surface area contributed by atoms with Gasteiger partial charge in [-0.25, -0.2) is 0 Å². The Balaban J connectivity index is 1.86. The molecule has 3 heterocycles. The van der Waals surface area contributed by atoms with Gasteiger partial charge in [0.25, 0.3) is 0 Å². The van der Waals surface area contributed by atoms with E-state index in [9.17, 15) is 0 Å². The predicted molar refractivity (Wildman–Crippen MR) is 82.8 cm³/mol. The molecule has 0 aliphatic carbocycles. The van der Waals surface area contributed by atoms with E-state index in [1.807, 2.05) is 0 Å². The molecule has 6 heteroatoms. The molecule has 0 spiro atoms. The summed E-state index contributed by atoms with van der Waals surface area (Å²) < 4.78 is 0. The van der Waals surface area contributed by atoms with Gasteiger partial charge in [-0.1, -0.05) is 11.6 Å². The van der Waals surface area contributed by atoms with Crippen LogP contribution >= 0.6 is 11.6 Å². The van der Waals surface area contributed by atoms with Crippen LogP contribution in [0.4, 0.5) is 11.5 Å². The molecule has 2 aliphatic rings. The molecular weight excluding hydrogens is 274 g/mol. The zero-order valence-corrected chi connectivity index (χ0v) is 12.9. The van der Waals surface area contributed by atoms with Crippen molar-refractivity contribution in [3.63, 3.8) is 0 Å². The summed E-state index contributed by atoms with van der Waals surface area (Å²) in [6, 6.07) is 0.448. The molecule has 0 amide bonds. The molecule has 0 bridgehead atoms. The van der Waals surface area contributed by atoms with Gasteiger partial charge in [0.1, 0.15) is 0 Å². The van der Waals surface area contributed by atoms with Gasteiger partial charge in [-0.3, -0.25) is 0 Å². The van der Waals surface area contributed by atoms with E-state index in [0.29, 0.717) is 11.2 Å². The number of hydrogen-bond donors (Lipinski definition) is 1. The van der Waals surface area contributed by atoms with Crippen molar-refractivity contribution in [2.45, 2.75) is 31.7 Å². The summed E-state index contributed by atoms with van der Waals surface area (Å²) in [6.07, 6.45) is 4.54. The number of hydrogen-bond acceptors (Lipinski definition) is 5. The lowest BCUT2D eigenvalue weighted by Crippen LogP contribution is -2.40. The largest absolute Gasteiger partial charge is 0.371 e. The van der Waals surface area contributed by atoms with Crippen molar-refractivity contribution in [1.29, 1.82) is 0 Å². The lowest BCUT2D eigenvalue weighted by atomic mass is 10.0. The zero-order chi connectivity index (χ0) is 14.1. The molecule has 1 atom stereocenters. The number of halogens is 1. The molecule has 3 rings (SSSR count). The van der Waals surface area contributed by atoms with E-state index < -0.39 is 0 Å². The summed E-state index contributed by atoms with van der Waals surface area (Å²) in [5, 5.41) is 12.6. The van der Waals surface area contributed by atoms with Crippen molar-refractivity contribution in [2.24, 2.45) is 0 Å². The Morgan fingerprint density at radius 1 is 1.20 bits per heavy atom. The molecule has 110 valence electrons. The average Bonchev–Trinajstić information content (AvgIpc) is 2.42. The SMILES string of the molecule is CN1CCC[C@@H](Nc2nnc(Cl)c3c2N(C)CCC3)C1. The quantitative estimate of drug-likeness (QED) is 0.904. The van der Waals surface area contributed by atoms with E-state index in [-0.39, 0.29) is 0 Å². The molecule has 0 radical (unpaired) electrons. The number of fused-ring (bicyclic) bond motifs is 1. The molecule has 0 saturated carbocycles. The van der Waals surface area contributed by atoms with Gasteiger partial charge in [0, 0.05) is 31.7 Å². The van der Waals surface area contributed by atoms with Gasteiger partial charge < -0.3 is 15.1 Å². The zero-order valence-electron chi connectivity index (χ0n) is 12.2. The Kier molecular flexibility index (Phi) is 3.98. The van der Waals surface area contributed by atoms with Crippen molar-refractivity contribution in [1.82, 2.24) is 15.1 Å². The average molecular weight is 296 g/mol. The van der Waals surface area contributed by atoms with E-state index in [0.717, 1.165) is 43.0 Å². The number of rotatable bonds is 2. The van der Waals surface area contributed by atoms with Gasteiger partial charge in [-0.05, 0) is 39.3 Å². The highest BCUT2D eigenvalue weighted by Crippen LogP contribution is 2.35. The number of likely N-dealkylation sites (N-methyl/N-ethyl adjacent to an activating group) is 1. The van der Waals surface area contributed by atoms with Crippen molar-refractivity contribution < 1.29 is 0 Å². The highest BCUT2D eigenvalue weighted by molar-refractivity contribution is 6.30. The highest BCUT2D eigenvalue weighted by Gasteiger charge is 2.25. The smallest absolute Gasteiger partial charge is 0.172 e. The molecule has 1 N–H and O–H groups in total. The first kappa shape index (κ1) is 13.9. The van der Waals surface area contributed by atoms with E-state index >= 15 is 0 Å². The monoisotopic (exact) mass is 295 g/mol. The second-order valence-electron chi connectivity index (χ2n) is 5.94. The Hall–Kier alpha value is -1.07. The van der Waals surface area contributed by atoms with Gasteiger partial charge in [0.2, 0.25) is 0 Å². The molecule has 2 aliphatic heterocycles. The number of aromatic nitrogens is 2. The van der Waals surface area contributed by atoms with Crippen molar-refractivity contribution in [3.8, 4) is 0 Å². The fraction of sp³-hybridized carbons (Fsp3) is 0.714. The van der Waals surface area contributed by atoms with Crippen LogP contribution in [0, 0.1) is 0 Å². The van der Waals surface area contributed by atoms with Crippen molar-refractivity contribution in [2.75, 3.05) is 43.9 Å². The summed E-state index contributed by atoms with van der Waals surface area (Å²) in [5.74, 6) is 0.895. The second kappa shape index (κ2) is 5.74. The normalized spacial score (nSPS) is 23.6. The summed E-state index contributed by atoms with van der Waals surface area (Å²) >= 11 is 6.21. The van der Waals surface area contributed by atoms with E-state index in [1.54, 1.807) is 0 Å². The first-order valence-electron chi connectivity index (χ1n) is 7.36. The minimum absolute atomic E-state index is 0.448.